The van der Waals surface area contributed by atoms with Gasteiger partial charge in [-0.3, -0.25) is 5.32 Å². The van der Waals surface area contributed by atoms with Crippen molar-refractivity contribution in [2.45, 2.75) is 25.6 Å². The first-order valence-electron chi connectivity index (χ1n) is 5.15. The van der Waals surface area contributed by atoms with Gasteiger partial charge in [-0.15, -0.1) is 0 Å². The molecule has 0 bridgehead atoms. The first kappa shape index (κ1) is 10.5. The molecule has 0 radical (unpaired) electrons. The van der Waals surface area contributed by atoms with Gasteiger partial charge in [0.25, 0.3) is 0 Å². The Morgan fingerprint density at radius 1 is 1.40 bits per heavy atom. The highest BCUT2D eigenvalue weighted by Crippen LogP contribution is 2.31. The zero-order valence-electron chi connectivity index (χ0n) is 9.41. The molecule has 2 rings (SSSR count). The van der Waals surface area contributed by atoms with Gasteiger partial charge in [0.2, 0.25) is 0 Å². The number of ether oxygens (including phenoxy) is 2. The van der Waals surface area contributed by atoms with Crippen LogP contribution in [0, 0.1) is 0 Å². The van der Waals surface area contributed by atoms with Gasteiger partial charge >= 0.3 is 0 Å². The van der Waals surface area contributed by atoms with E-state index in [0.717, 1.165) is 17.9 Å². The summed E-state index contributed by atoms with van der Waals surface area (Å²) in [6, 6.07) is 7.93. The number of nitrogens with one attached hydrogen (secondary N) is 1. The molecule has 0 spiro atoms. The van der Waals surface area contributed by atoms with Gasteiger partial charge in [0, 0.05) is 11.1 Å². The lowest BCUT2D eigenvalue weighted by Crippen LogP contribution is -2.35. The minimum Gasteiger partial charge on any atom is -0.496 e. The van der Waals surface area contributed by atoms with Crippen LogP contribution in [-0.2, 0) is 4.74 Å². The molecule has 0 aromatic heterocycles. The molecule has 1 aliphatic heterocycles. The molecule has 1 saturated heterocycles. The number of para-hydroxylation sites is 1. The van der Waals surface area contributed by atoms with E-state index in [-0.39, 0.29) is 11.8 Å². The molecule has 0 aliphatic carbocycles. The molecule has 3 heteroatoms. The Hall–Kier alpha value is -1.06. The van der Waals surface area contributed by atoms with Crippen LogP contribution in [0.3, 0.4) is 0 Å². The van der Waals surface area contributed by atoms with Crippen LogP contribution in [0.1, 0.15) is 25.6 Å². The van der Waals surface area contributed by atoms with Gasteiger partial charge in [0.05, 0.1) is 13.7 Å². The van der Waals surface area contributed by atoms with E-state index in [9.17, 15) is 0 Å². The van der Waals surface area contributed by atoms with Crippen LogP contribution in [0.2, 0.25) is 0 Å². The number of methoxy groups -OCH3 is 1. The monoisotopic (exact) mass is 207 g/mol. The minimum absolute atomic E-state index is 0.0333. The van der Waals surface area contributed by atoms with Crippen LogP contribution in [-0.4, -0.2) is 19.3 Å². The van der Waals surface area contributed by atoms with Crippen molar-refractivity contribution in [3.05, 3.63) is 29.8 Å². The second-order valence-corrected chi connectivity index (χ2v) is 4.46. The van der Waals surface area contributed by atoms with Crippen LogP contribution < -0.4 is 10.1 Å². The van der Waals surface area contributed by atoms with Gasteiger partial charge < -0.3 is 9.47 Å². The molecular weight excluding hydrogens is 190 g/mol. The topological polar surface area (TPSA) is 30.5 Å². The van der Waals surface area contributed by atoms with E-state index in [4.69, 9.17) is 9.47 Å². The lowest BCUT2D eigenvalue weighted by atomic mass is 10.1. The van der Waals surface area contributed by atoms with E-state index in [2.05, 4.69) is 19.2 Å². The minimum atomic E-state index is -0.0591. The Labute approximate surface area is 90.4 Å². The molecule has 82 valence electrons. The van der Waals surface area contributed by atoms with Crippen molar-refractivity contribution in [3.8, 4) is 5.75 Å². The van der Waals surface area contributed by atoms with Crippen LogP contribution >= 0.6 is 0 Å². The van der Waals surface area contributed by atoms with Crippen molar-refractivity contribution in [2.75, 3.05) is 13.7 Å². The summed E-state index contributed by atoms with van der Waals surface area (Å²) >= 11 is 0. The summed E-state index contributed by atoms with van der Waals surface area (Å²) in [7, 11) is 1.68. The van der Waals surface area contributed by atoms with Gasteiger partial charge in [-0.25, -0.2) is 0 Å². The Morgan fingerprint density at radius 2 is 2.13 bits per heavy atom. The first-order valence-corrected chi connectivity index (χ1v) is 5.15. The Bertz CT molecular complexity index is 349. The molecule has 1 fully saturated rings. The van der Waals surface area contributed by atoms with Crippen molar-refractivity contribution < 1.29 is 9.47 Å². The molecule has 0 amide bonds. The third-order valence-electron chi connectivity index (χ3n) is 2.55. The molecule has 1 unspecified atom stereocenters. The van der Waals surface area contributed by atoms with Crippen LogP contribution in [0.25, 0.3) is 0 Å². The predicted octanol–water partition coefficient (Wildman–Crippen LogP) is 2.09. The summed E-state index contributed by atoms with van der Waals surface area (Å²) in [5.41, 5.74) is 1.09. The Kier molecular flexibility index (Phi) is 2.67. The summed E-state index contributed by atoms with van der Waals surface area (Å²) in [5, 5.41) is 3.42. The number of benzene rings is 1. The molecule has 1 aliphatic rings. The average molecular weight is 207 g/mol. The normalized spacial score (nSPS) is 24.1. The average Bonchev–Trinajstić information content (AvgIpc) is 2.59. The van der Waals surface area contributed by atoms with Crippen molar-refractivity contribution >= 4 is 0 Å². The maximum atomic E-state index is 5.71. The van der Waals surface area contributed by atoms with E-state index in [1.54, 1.807) is 7.11 Å². The standard InChI is InChI=1S/C12H17NO2/c1-12(2)8-15-11(13-12)9-6-4-5-7-10(9)14-3/h4-7,11,13H,8H2,1-3H3. The predicted molar refractivity (Wildman–Crippen MR) is 58.9 cm³/mol. The van der Waals surface area contributed by atoms with E-state index in [0.29, 0.717) is 0 Å². The molecule has 15 heavy (non-hydrogen) atoms. The van der Waals surface area contributed by atoms with Gasteiger partial charge in [0.1, 0.15) is 12.0 Å². The van der Waals surface area contributed by atoms with Crippen LogP contribution in [0.5, 0.6) is 5.75 Å². The van der Waals surface area contributed by atoms with Crippen molar-refractivity contribution in [1.82, 2.24) is 5.32 Å². The maximum absolute atomic E-state index is 5.71. The van der Waals surface area contributed by atoms with Crippen molar-refractivity contribution in [1.29, 1.82) is 0 Å². The molecule has 1 heterocycles. The van der Waals surface area contributed by atoms with E-state index < -0.39 is 0 Å². The largest absolute Gasteiger partial charge is 0.496 e. The summed E-state index contributed by atoms with van der Waals surface area (Å²) < 4.78 is 11.0. The third-order valence-corrected chi connectivity index (χ3v) is 2.55. The maximum Gasteiger partial charge on any atom is 0.138 e. The quantitative estimate of drug-likeness (QED) is 0.805. The highest BCUT2D eigenvalue weighted by atomic mass is 16.5. The van der Waals surface area contributed by atoms with Gasteiger partial charge in [-0.05, 0) is 19.9 Å². The fourth-order valence-electron chi connectivity index (χ4n) is 1.78. The SMILES string of the molecule is COc1ccccc1C1NC(C)(C)CO1. The lowest BCUT2D eigenvalue weighted by Gasteiger charge is -2.18. The van der Waals surface area contributed by atoms with Crippen molar-refractivity contribution in [3.63, 3.8) is 0 Å². The summed E-state index contributed by atoms with van der Waals surface area (Å²) in [6.45, 7) is 4.97. The molecule has 1 atom stereocenters. The molecular formula is C12H17NO2. The summed E-state index contributed by atoms with van der Waals surface area (Å²) in [5.74, 6) is 0.868. The smallest absolute Gasteiger partial charge is 0.138 e. The molecule has 1 aromatic carbocycles. The zero-order chi connectivity index (χ0) is 10.9. The van der Waals surface area contributed by atoms with E-state index in [1.807, 2.05) is 24.3 Å². The fourth-order valence-corrected chi connectivity index (χ4v) is 1.78. The number of hydrogen-bond acceptors (Lipinski definition) is 3. The second-order valence-electron chi connectivity index (χ2n) is 4.46. The summed E-state index contributed by atoms with van der Waals surface area (Å²) in [6.07, 6.45) is -0.0591. The van der Waals surface area contributed by atoms with Crippen molar-refractivity contribution in [2.24, 2.45) is 0 Å². The summed E-state index contributed by atoms with van der Waals surface area (Å²) in [4.78, 5) is 0. The number of hydrogen-bond donors (Lipinski definition) is 1. The van der Waals surface area contributed by atoms with E-state index >= 15 is 0 Å². The fraction of sp³-hybridized carbons (Fsp3) is 0.500. The molecule has 3 nitrogen and oxygen atoms in total. The molecule has 1 aromatic rings. The number of rotatable bonds is 2. The Morgan fingerprint density at radius 3 is 2.73 bits per heavy atom. The third kappa shape index (κ3) is 2.13. The molecule has 0 saturated carbocycles. The highest BCUT2D eigenvalue weighted by Gasteiger charge is 2.32. The Balaban J connectivity index is 2.23. The van der Waals surface area contributed by atoms with Gasteiger partial charge in [-0.1, -0.05) is 18.2 Å². The zero-order valence-corrected chi connectivity index (χ0v) is 9.41. The molecule has 1 N–H and O–H groups in total. The van der Waals surface area contributed by atoms with E-state index in [1.165, 1.54) is 0 Å². The van der Waals surface area contributed by atoms with Crippen LogP contribution in [0.15, 0.2) is 24.3 Å². The lowest BCUT2D eigenvalue weighted by molar-refractivity contribution is 0.0967. The van der Waals surface area contributed by atoms with Gasteiger partial charge in [0.15, 0.2) is 0 Å². The second kappa shape index (κ2) is 3.83. The first-order chi connectivity index (χ1) is 7.12. The highest BCUT2D eigenvalue weighted by molar-refractivity contribution is 5.35. The van der Waals surface area contributed by atoms with Gasteiger partial charge in [-0.2, -0.15) is 0 Å². The van der Waals surface area contributed by atoms with Crippen LogP contribution in [0.4, 0.5) is 0 Å².